The van der Waals surface area contributed by atoms with Crippen molar-refractivity contribution in [2.24, 2.45) is 0 Å². The summed E-state index contributed by atoms with van der Waals surface area (Å²) in [5.74, 6) is -0.875. The fourth-order valence-electron chi connectivity index (χ4n) is 3.45. The second-order valence-electron chi connectivity index (χ2n) is 8.01. The number of benzene rings is 3. The standard InChI is InChI=1S/C27H20F2N2O4S/c1-17(18-3-7-24(8-4-18)36(2,32)33)34-27-10-6-22(11-20(27)14-30)35-23-12-21(15-31-16-23)19-5-9-25(28)26(29)13-19/h3-13,15-17H,1-2H3. The molecule has 1 aromatic heterocycles. The topological polar surface area (TPSA) is 89.3 Å². The van der Waals surface area contributed by atoms with Gasteiger partial charge in [0.2, 0.25) is 0 Å². The van der Waals surface area contributed by atoms with E-state index in [1.807, 2.05) is 0 Å². The molecule has 1 heterocycles. The van der Waals surface area contributed by atoms with Crippen LogP contribution in [0.4, 0.5) is 8.78 Å². The monoisotopic (exact) mass is 506 g/mol. The third-order valence-corrected chi connectivity index (χ3v) is 6.48. The number of sulfone groups is 1. The van der Waals surface area contributed by atoms with Crippen LogP contribution in [0.15, 0.2) is 84.0 Å². The first-order valence-electron chi connectivity index (χ1n) is 10.7. The first kappa shape index (κ1) is 24.8. The summed E-state index contributed by atoms with van der Waals surface area (Å²) in [6.45, 7) is 1.79. The molecule has 0 fully saturated rings. The Hall–Kier alpha value is -4.29. The SMILES string of the molecule is CC(Oc1ccc(Oc2cncc(-c3ccc(F)c(F)c3)c2)cc1C#N)c1ccc(S(C)(=O)=O)cc1. The second kappa shape index (κ2) is 10.1. The van der Waals surface area contributed by atoms with E-state index in [1.54, 1.807) is 37.3 Å². The Morgan fingerprint density at radius 1 is 0.889 bits per heavy atom. The molecule has 4 rings (SSSR count). The fraction of sp³-hybridized carbons (Fsp3) is 0.111. The summed E-state index contributed by atoms with van der Waals surface area (Å²) in [5, 5.41) is 9.63. The van der Waals surface area contributed by atoms with Gasteiger partial charge >= 0.3 is 0 Å². The molecule has 0 aliphatic carbocycles. The van der Waals surface area contributed by atoms with Crippen LogP contribution in [-0.2, 0) is 9.84 Å². The lowest BCUT2D eigenvalue weighted by Crippen LogP contribution is -2.05. The van der Waals surface area contributed by atoms with Crippen LogP contribution in [0.5, 0.6) is 17.2 Å². The normalized spacial score (nSPS) is 12.0. The quantitative estimate of drug-likeness (QED) is 0.295. The van der Waals surface area contributed by atoms with Crippen molar-refractivity contribution in [1.82, 2.24) is 4.98 Å². The zero-order valence-electron chi connectivity index (χ0n) is 19.3. The van der Waals surface area contributed by atoms with Crippen molar-refractivity contribution in [2.75, 3.05) is 6.26 Å². The molecule has 1 unspecified atom stereocenters. The van der Waals surface area contributed by atoms with Gasteiger partial charge in [-0.2, -0.15) is 5.26 Å². The summed E-state index contributed by atoms with van der Waals surface area (Å²) in [6, 6.07) is 18.3. The van der Waals surface area contributed by atoms with Gasteiger partial charge in [-0.25, -0.2) is 17.2 Å². The molecular formula is C27H20F2N2O4S. The molecule has 0 saturated carbocycles. The Kier molecular flexibility index (Phi) is 6.99. The molecule has 1 atom stereocenters. The third kappa shape index (κ3) is 5.67. The van der Waals surface area contributed by atoms with Gasteiger partial charge in [-0.05, 0) is 60.5 Å². The molecule has 0 N–H and O–H groups in total. The van der Waals surface area contributed by atoms with Crippen LogP contribution in [0, 0.1) is 23.0 Å². The molecule has 0 amide bonds. The predicted molar refractivity (Wildman–Crippen MR) is 129 cm³/mol. The van der Waals surface area contributed by atoms with E-state index in [9.17, 15) is 22.5 Å². The van der Waals surface area contributed by atoms with E-state index in [4.69, 9.17) is 9.47 Å². The van der Waals surface area contributed by atoms with Crippen molar-refractivity contribution in [2.45, 2.75) is 17.9 Å². The van der Waals surface area contributed by atoms with Gasteiger partial charge in [0.15, 0.2) is 21.5 Å². The van der Waals surface area contributed by atoms with Crippen LogP contribution < -0.4 is 9.47 Å². The zero-order chi connectivity index (χ0) is 25.9. The van der Waals surface area contributed by atoms with E-state index in [0.717, 1.165) is 24.0 Å². The van der Waals surface area contributed by atoms with Crippen LogP contribution in [0.2, 0.25) is 0 Å². The van der Waals surface area contributed by atoms with E-state index >= 15 is 0 Å². The number of aromatic nitrogens is 1. The number of pyridine rings is 1. The summed E-state index contributed by atoms with van der Waals surface area (Å²) in [6.07, 6.45) is 3.65. The summed E-state index contributed by atoms with van der Waals surface area (Å²) < 4.78 is 61.9. The lowest BCUT2D eigenvalue weighted by molar-refractivity contribution is 0.226. The highest BCUT2D eigenvalue weighted by molar-refractivity contribution is 7.90. The van der Waals surface area contributed by atoms with E-state index in [2.05, 4.69) is 11.1 Å². The molecule has 0 aliphatic heterocycles. The summed E-state index contributed by atoms with van der Waals surface area (Å²) in [5.41, 5.74) is 1.94. The molecule has 0 aliphatic rings. The average molecular weight is 507 g/mol. The number of nitrogens with zero attached hydrogens (tertiary/aromatic N) is 2. The second-order valence-corrected chi connectivity index (χ2v) is 10.0. The van der Waals surface area contributed by atoms with E-state index < -0.39 is 27.6 Å². The first-order chi connectivity index (χ1) is 17.1. The van der Waals surface area contributed by atoms with Crippen molar-refractivity contribution in [1.29, 1.82) is 5.26 Å². The number of nitriles is 1. The summed E-state index contributed by atoms with van der Waals surface area (Å²) >= 11 is 0. The molecule has 182 valence electrons. The van der Waals surface area contributed by atoms with Gasteiger partial charge in [0.1, 0.15) is 29.4 Å². The highest BCUT2D eigenvalue weighted by atomic mass is 32.2. The minimum Gasteiger partial charge on any atom is -0.485 e. The van der Waals surface area contributed by atoms with Gasteiger partial charge in [0.25, 0.3) is 0 Å². The Morgan fingerprint density at radius 2 is 1.64 bits per heavy atom. The van der Waals surface area contributed by atoms with Gasteiger partial charge < -0.3 is 9.47 Å². The van der Waals surface area contributed by atoms with Gasteiger partial charge in [0.05, 0.1) is 16.7 Å². The van der Waals surface area contributed by atoms with Crippen molar-refractivity contribution >= 4 is 9.84 Å². The smallest absolute Gasteiger partial charge is 0.175 e. The highest BCUT2D eigenvalue weighted by Gasteiger charge is 2.14. The molecule has 3 aromatic carbocycles. The number of halogens is 2. The van der Waals surface area contributed by atoms with Crippen LogP contribution >= 0.6 is 0 Å². The minimum atomic E-state index is -3.30. The van der Waals surface area contributed by atoms with Gasteiger partial charge in [-0.3, -0.25) is 4.98 Å². The fourth-order valence-corrected chi connectivity index (χ4v) is 4.08. The van der Waals surface area contributed by atoms with E-state index in [-0.39, 0.29) is 10.5 Å². The number of rotatable bonds is 7. The minimum absolute atomic E-state index is 0.209. The molecule has 36 heavy (non-hydrogen) atoms. The summed E-state index contributed by atoms with van der Waals surface area (Å²) in [7, 11) is -3.30. The molecule has 4 aromatic rings. The van der Waals surface area contributed by atoms with Crippen LogP contribution in [0.25, 0.3) is 11.1 Å². The molecule has 6 nitrogen and oxygen atoms in total. The first-order valence-corrected chi connectivity index (χ1v) is 12.6. The third-order valence-electron chi connectivity index (χ3n) is 5.35. The largest absolute Gasteiger partial charge is 0.485 e. The Labute approximate surface area is 207 Å². The van der Waals surface area contributed by atoms with E-state index in [0.29, 0.717) is 28.4 Å². The van der Waals surface area contributed by atoms with E-state index in [1.165, 1.54) is 36.7 Å². The van der Waals surface area contributed by atoms with Crippen LogP contribution in [0.3, 0.4) is 0 Å². The lowest BCUT2D eigenvalue weighted by atomic mass is 10.1. The lowest BCUT2D eigenvalue weighted by Gasteiger charge is -2.17. The Morgan fingerprint density at radius 3 is 2.31 bits per heavy atom. The van der Waals surface area contributed by atoms with Crippen molar-refractivity contribution in [3.05, 3.63) is 102 Å². The van der Waals surface area contributed by atoms with Crippen LogP contribution in [-0.4, -0.2) is 19.7 Å². The number of ether oxygens (including phenoxy) is 2. The number of hydrogen-bond acceptors (Lipinski definition) is 6. The highest BCUT2D eigenvalue weighted by Crippen LogP contribution is 2.32. The molecule has 9 heteroatoms. The van der Waals surface area contributed by atoms with Gasteiger partial charge in [-0.1, -0.05) is 18.2 Å². The Balaban J connectivity index is 1.51. The van der Waals surface area contributed by atoms with Crippen molar-refractivity contribution in [3.63, 3.8) is 0 Å². The van der Waals surface area contributed by atoms with Gasteiger partial charge in [0, 0.05) is 24.1 Å². The van der Waals surface area contributed by atoms with Gasteiger partial charge in [-0.15, -0.1) is 0 Å². The maximum absolute atomic E-state index is 13.6. The van der Waals surface area contributed by atoms with Crippen molar-refractivity contribution in [3.8, 4) is 34.4 Å². The van der Waals surface area contributed by atoms with Crippen LogP contribution in [0.1, 0.15) is 24.2 Å². The molecule has 0 spiro atoms. The molecular weight excluding hydrogens is 486 g/mol. The molecule has 0 radical (unpaired) electrons. The number of hydrogen-bond donors (Lipinski definition) is 0. The maximum atomic E-state index is 13.6. The summed E-state index contributed by atoms with van der Waals surface area (Å²) in [4.78, 5) is 4.30. The molecule has 0 bridgehead atoms. The zero-order valence-corrected chi connectivity index (χ0v) is 20.1. The average Bonchev–Trinajstić information content (AvgIpc) is 2.86. The Bertz CT molecular complexity index is 1570. The molecule has 0 saturated heterocycles. The maximum Gasteiger partial charge on any atom is 0.175 e. The predicted octanol–water partition coefficient (Wildman–Crippen LogP) is 6.23. The van der Waals surface area contributed by atoms with Crippen molar-refractivity contribution < 1.29 is 26.7 Å².